The molecule has 0 bridgehead atoms. The summed E-state index contributed by atoms with van der Waals surface area (Å²) in [7, 11) is 0. The molecule has 0 amide bonds. The standard InChI is InChI=1S/C17H22O4/c1-9-5-6-15(20-11(3)18)17(4)8-14-12(7-13(9)17)10(2)16(19)21-14/h13-15H,1,5-8H2,2-4H3/t13-,14+,15+,17-/m1/s1. The van der Waals surface area contributed by atoms with Crippen molar-refractivity contribution in [1.82, 2.24) is 0 Å². The van der Waals surface area contributed by atoms with Crippen molar-refractivity contribution in [1.29, 1.82) is 0 Å². The normalized spacial score (nSPS) is 38.7. The van der Waals surface area contributed by atoms with Gasteiger partial charge in [0, 0.05) is 17.9 Å². The van der Waals surface area contributed by atoms with Gasteiger partial charge in [0.2, 0.25) is 0 Å². The fraction of sp³-hybridized carbons (Fsp3) is 0.647. The first kappa shape index (κ1) is 14.4. The molecule has 1 aliphatic heterocycles. The quantitative estimate of drug-likeness (QED) is 0.550. The number of esters is 2. The molecule has 2 aliphatic carbocycles. The van der Waals surface area contributed by atoms with Gasteiger partial charge in [-0.3, -0.25) is 4.79 Å². The van der Waals surface area contributed by atoms with Crippen LogP contribution in [0.2, 0.25) is 0 Å². The Balaban J connectivity index is 1.95. The molecule has 0 unspecified atom stereocenters. The number of allylic oxidation sites excluding steroid dienone is 1. The molecule has 0 aromatic carbocycles. The number of hydrogen-bond acceptors (Lipinski definition) is 4. The van der Waals surface area contributed by atoms with E-state index in [0.717, 1.165) is 30.4 Å². The van der Waals surface area contributed by atoms with E-state index in [2.05, 4.69) is 13.5 Å². The van der Waals surface area contributed by atoms with Gasteiger partial charge in [0.05, 0.1) is 0 Å². The lowest BCUT2D eigenvalue weighted by molar-refractivity contribution is -0.164. The molecule has 1 heterocycles. The van der Waals surface area contributed by atoms with Gasteiger partial charge in [0.25, 0.3) is 0 Å². The van der Waals surface area contributed by atoms with Crippen molar-refractivity contribution in [3.8, 4) is 0 Å². The Morgan fingerprint density at radius 2 is 2.19 bits per heavy atom. The summed E-state index contributed by atoms with van der Waals surface area (Å²) >= 11 is 0. The van der Waals surface area contributed by atoms with E-state index >= 15 is 0 Å². The fourth-order valence-electron chi connectivity index (χ4n) is 4.29. The SMILES string of the molecule is C=C1CC[C@H](OC(C)=O)[C@]2(C)C[C@@H]3OC(=O)C(C)=C3C[C@H]12. The molecule has 4 nitrogen and oxygen atoms in total. The van der Waals surface area contributed by atoms with Crippen LogP contribution in [0.5, 0.6) is 0 Å². The molecule has 0 spiro atoms. The molecule has 4 atom stereocenters. The van der Waals surface area contributed by atoms with Crippen molar-refractivity contribution in [3.63, 3.8) is 0 Å². The number of fused-ring (bicyclic) bond motifs is 2. The lowest BCUT2D eigenvalue weighted by atomic mass is 9.56. The first-order valence-corrected chi connectivity index (χ1v) is 7.58. The third-order valence-corrected chi connectivity index (χ3v) is 5.54. The first-order valence-electron chi connectivity index (χ1n) is 7.58. The zero-order chi connectivity index (χ0) is 15.4. The Labute approximate surface area is 125 Å². The van der Waals surface area contributed by atoms with Crippen molar-refractivity contribution in [2.45, 2.75) is 58.7 Å². The zero-order valence-electron chi connectivity index (χ0n) is 12.9. The van der Waals surface area contributed by atoms with Gasteiger partial charge in [0.1, 0.15) is 12.2 Å². The van der Waals surface area contributed by atoms with E-state index < -0.39 is 0 Å². The van der Waals surface area contributed by atoms with Crippen LogP contribution in [0.15, 0.2) is 23.3 Å². The van der Waals surface area contributed by atoms with Gasteiger partial charge in [0.15, 0.2) is 0 Å². The average Bonchev–Trinajstić information content (AvgIpc) is 2.66. The summed E-state index contributed by atoms with van der Waals surface area (Å²) in [6, 6.07) is 0. The van der Waals surface area contributed by atoms with Gasteiger partial charge < -0.3 is 9.47 Å². The Kier molecular flexibility index (Phi) is 3.23. The van der Waals surface area contributed by atoms with E-state index in [4.69, 9.17) is 9.47 Å². The van der Waals surface area contributed by atoms with Crippen molar-refractivity contribution in [2.24, 2.45) is 11.3 Å². The van der Waals surface area contributed by atoms with E-state index in [9.17, 15) is 9.59 Å². The van der Waals surface area contributed by atoms with E-state index in [1.807, 2.05) is 6.92 Å². The van der Waals surface area contributed by atoms with Gasteiger partial charge in [-0.1, -0.05) is 19.1 Å². The number of hydrogen-bond donors (Lipinski definition) is 0. The summed E-state index contributed by atoms with van der Waals surface area (Å²) in [5.41, 5.74) is 2.88. The highest BCUT2D eigenvalue weighted by atomic mass is 16.6. The maximum absolute atomic E-state index is 11.8. The second-order valence-corrected chi connectivity index (χ2v) is 6.81. The van der Waals surface area contributed by atoms with E-state index in [0.29, 0.717) is 6.42 Å². The predicted molar refractivity (Wildman–Crippen MR) is 77.3 cm³/mol. The third-order valence-electron chi connectivity index (χ3n) is 5.54. The minimum atomic E-state index is -0.242. The number of ether oxygens (including phenoxy) is 2. The maximum Gasteiger partial charge on any atom is 0.334 e. The molecule has 21 heavy (non-hydrogen) atoms. The average molecular weight is 290 g/mol. The molecule has 3 rings (SSSR count). The molecule has 2 fully saturated rings. The lowest BCUT2D eigenvalue weighted by Crippen LogP contribution is -2.50. The molecule has 3 aliphatic rings. The Morgan fingerprint density at radius 1 is 1.48 bits per heavy atom. The van der Waals surface area contributed by atoms with Crippen LogP contribution in [-0.4, -0.2) is 24.1 Å². The Bertz CT molecular complexity index is 559. The molecule has 114 valence electrons. The topological polar surface area (TPSA) is 52.6 Å². The summed E-state index contributed by atoms with van der Waals surface area (Å²) in [5.74, 6) is -0.188. The van der Waals surface area contributed by atoms with Crippen molar-refractivity contribution < 1.29 is 19.1 Å². The highest BCUT2D eigenvalue weighted by molar-refractivity contribution is 5.91. The van der Waals surface area contributed by atoms with Crippen molar-refractivity contribution in [2.75, 3.05) is 0 Å². The van der Waals surface area contributed by atoms with Crippen molar-refractivity contribution >= 4 is 11.9 Å². The second kappa shape index (κ2) is 4.72. The summed E-state index contributed by atoms with van der Waals surface area (Å²) in [6.07, 6.45) is 2.94. The van der Waals surface area contributed by atoms with Crippen LogP contribution in [0.3, 0.4) is 0 Å². The molecular weight excluding hydrogens is 268 g/mol. The molecule has 0 aromatic rings. The molecular formula is C17H22O4. The predicted octanol–water partition coefficient (Wildman–Crippen LogP) is 2.93. The second-order valence-electron chi connectivity index (χ2n) is 6.81. The molecule has 0 radical (unpaired) electrons. The highest BCUT2D eigenvalue weighted by Gasteiger charge is 2.54. The molecule has 0 aromatic heterocycles. The molecule has 0 N–H and O–H groups in total. The van der Waals surface area contributed by atoms with Gasteiger partial charge in [-0.2, -0.15) is 0 Å². The number of rotatable bonds is 1. The van der Waals surface area contributed by atoms with Gasteiger partial charge in [-0.15, -0.1) is 0 Å². The van der Waals surface area contributed by atoms with Gasteiger partial charge in [-0.25, -0.2) is 4.79 Å². The van der Waals surface area contributed by atoms with E-state index in [1.165, 1.54) is 12.5 Å². The summed E-state index contributed by atoms with van der Waals surface area (Å²) < 4.78 is 11.1. The molecule has 4 heteroatoms. The van der Waals surface area contributed by atoms with Crippen LogP contribution in [0.1, 0.15) is 46.5 Å². The fourth-order valence-corrected chi connectivity index (χ4v) is 4.29. The Morgan fingerprint density at radius 3 is 2.86 bits per heavy atom. The van der Waals surface area contributed by atoms with Gasteiger partial charge in [-0.05, 0) is 44.1 Å². The minimum absolute atomic E-state index is 0.119. The van der Waals surface area contributed by atoms with Crippen LogP contribution < -0.4 is 0 Å². The van der Waals surface area contributed by atoms with Crippen LogP contribution in [0.25, 0.3) is 0 Å². The Hall–Kier alpha value is -1.58. The minimum Gasteiger partial charge on any atom is -0.462 e. The zero-order valence-corrected chi connectivity index (χ0v) is 12.9. The van der Waals surface area contributed by atoms with Gasteiger partial charge >= 0.3 is 11.9 Å². The van der Waals surface area contributed by atoms with Crippen LogP contribution in [0, 0.1) is 11.3 Å². The third kappa shape index (κ3) is 2.12. The summed E-state index contributed by atoms with van der Waals surface area (Å²) in [4.78, 5) is 23.2. The van der Waals surface area contributed by atoms with E-state index in [-0.39, 0.29) is 35.5 Å². The largest absolute Gasteiger partial charge is 0.462 e. The van der Waals surface area contributed by atoms with Crippen LogP contribution >= 0.6 is 0 Å². The molecule has 0 saturated heterocycles. The van der Waals surface area contributed by atoms with Crippen LogP contribution in [0.4, 0.5) is 0 Å². The summed E-state index contributed by atoms with van der Waals surface area (Å²) in [6.45, 7) is 9.67. The summed E-state index contributed by atoms with van der Waals surface area (Å²) in [5, 5.41) is 0. The number of carbonyl (C=O) groups is 2. The smallest absolute Gasteiger partial charge is 0.334 e. The number of carbonyl (C=O) groups excluding carboxylic acids is 2. The van der Waals surface area contributed by atoms with Crippen LogP contribution in [-0.2, 0) is 19.1 Å². The first-order chi connectivity index (χ1) is 9.83. The highest BCUT2D eigenvalue weighted by Crippen LogP contribution is 2.56. The molecule has 2 saturated carbocycles. The maximum atomic E-state index is 11.8. The van der Waals surface area contributed by atoms with Crippen molar-refractivity contribution in [3.05, 3.63) is 23.3 Å². The van der Waals surface area contributed by atoms with E-state index in [1.54, 1.807) is 0 Å². The lowest BCUT2D eigenvalue weighted by Gasteiger charge is -2.51. The monoisotopic (exact) mass is 290 g/mol.